The van der Waals surface area contributed by atoms with Crippen LogP contribution in [0.2, 0.25) is 0 Å². The molecule has 0 radical (unpaired) electrons. The number of benzene rings is 2. The number of unbranched alkanes of at least 4 members (excludes halogenated alkanes) is 1. The van der Waals surface area contributed by atoms with Gasteiger partial charge in [0.2, 0.25) is 0 Å². The topological polar surface area (TPSA) is 55.8 Å². The van der Waals surface area contributed by atoms with Crippen molar-refractivity contribution in [3.8, 4) is 11.5 Å². The monoisotopic (exact) mass is 488 g/mol. The van der Waals surface area contributed by atoms with E-state index in [1.54, 1.807) is 6.07 Å². The van der Waals surface area contributed by atoms with E-state index in [1.165, 1.54) is 5.56 Å². The molecule has 190 valence electrons. The van der Waals surface area contributed by atoms with Crippen LogP contribution in [0.4, 0.5) is 0 Å². The van der Waals surface area contributed by atoms with Gasteiger partial charge in [-0.25, -0.2) is 0 Å². The lowest BCUT2D eigenvalue weighted by atomic mass is 9.43. The number of piperidine rings is 1. The van der Waals surface area contributed by atoms with Crippen LogP contribution in [0.5, 0.6) is 11.5 Å². The van der Waals surface area contributed by atoms with E-state index in [0.29, 0.717) is 31.6 Å². The van der Waals surface area contributed by atoms with Gasteiger partial charge in [-0.05, 0) is 36.1 Å². The number of phenolic OH excluding ortho intramolecular Hbond substituents is 1. The number of Topliss-reactive ketones (excluding diaryl/α,β-unsaturated/α-hetero) is 1. The molecule has 4 aliphatic rings. The molecule has 2 unspecified atom stereocenters. The maximum absolute atomic E-state index is 14.2. The molecule has 2 heterocycles. The largest absolute Gasteiger partial charge is 0.504 e. The van der Waals surface area contributed by atoms with Crippen molar-refractivity contribution in [2.24, 2.45) is 0 Å². The van der Waals surface area contributed by atoms with Crippen molar-refractivity contribution in [3.05, 3.63) is 71.8 Å². The van der Waals surface area contributed by atoms with E-state index in [9.17, 15) is 9.90 Å². The third-order valence-corrected chi connectivity index (χ3v) is 9.91. The highest BCUT2D eigenvalue weighted by Crippen LogP contribution is 2.70. The Bertz CT molecular complexity index is 1210. The van der Waals surface area contributed by atoms with Crippen LogP contribution in [-0.4, -0.2) is 59.4 Å². The number of quaternary nitrogens is 1. The predicted octanol–water partition coefficient (Wildman–Crippen LogP) is 4.88. The molecule has 2 aromatic carbocycles. The van der Waals surface area contributed by atoms with Crippen molar-refractivity contribution >= 4 is 5.78 Å². The summed E-state index contributed by atoms with van der Waals surface area (Å²) in [5, 5.41) is 11.1. The summed E-state index contributed by atoms with van der Waals surface area (Å²) >= 11 is 0. The highest BCUT2D eigenvalue weighted by Gasteiger charge is 2.82. The van der Waals surface area contributed by atoms with E-state index in [0.717, 1.165) is 54.4 Å². The number of nitrogens with zero attached hydrogens (tertiary/aromatic N) is 1. The fraction of sp³-hybridized carbons (Fsp3) is 0.516. The third kappa shape index (κ3) is 2.82. The van der Waals surface area contributed by atoms with Crippen LogP contribution in [0.1, 0.15) is 55.7 Å². The molecule has 5 nitrogen and oxygen atoms in total. The number of rotatable bonds is 8. The Labute approximate surface area is 214 Å². The first-order valence-electron chi connectivity index (χ1n) is 13.6. The average molecular weight is 489 g/mol. The smallest absolute Gasteiger partial charge is 0.184 e. The minimum absolute atomic E-state index is 0.132. The van der Waals surface area contributed by atoms with Crippen LogP contribution in [0.25, 0.3) is 0 Å². The number of likely N-dealkylation sites (tertiary alicyclic amines) is 1. The molecule has 0 aromatic heterocycles. The molecule has 36 heavy (non-hydrogen) atoms. The van der Waals surface area contributed by atoms with Crippen molar-refractivity contribution in [2.75, 3.05) is 26.7 Å². The van der Waals surface area contributed by atoms with Gasteiger partial charge in [0, 0.05) is 37.9 Å². The molecule has 1 N–H and O–H groups in total. The number of aromatic hydroxyl groups is 1. The van der Waals surface area contributed by atoms with Crippen LogP contribution in [0, 0.1) is 0 Å². The zero-order chi connectivity index (χ0) is 25.2. The summed E-state index contributed by atoms with van der Waals surface area (Å²) in [6.07, 6.45) is 7.30. The third-order valence-electron chi connectivity index (χ3n) is 9.91. The van der Waals surface area contributed by atoms with Crippen molar-refractivity contribution in [3.63, 3.8) is 0 Å². The van der Waals surface area contributed by atoms with E-state index in [2.05, 4.69) is 38.7 Å². The molecule has 5 heteroatoms. The van der Waals surface area contributed by atoms with Crippen LogP contribution < -0.4 is 4.74 Å². The van der Waals surface area contributed by atoms with Gasteiger partial charge in [0.15, 0.2) is 22.9 Å². The molecule has 1 saturated heterocycles. The number of hydrogen-bond acceptors (Lipinski definition) is 4. The van der Waals surface area contributed by atoms with Crippen molar-refractivity contribution in [1.82, 2.24) is 0 Å². The van der Waals surface area contributed by atoms with Gasteiger partial charge < -0.3 is 19.1 Å². The standard InChI is InChI=1S/C31H37NO4/c1-4-6-19-35-30-15-14-26(34)31(21-22-10-8-7-9-11-22)29(30)16-18-32(3,17-5-2)25(30)20-23-12-13-24(33)28(36-31)27(23)29/h5,7-13,25H,2,4,6,14-21H2,1,3H3/p+1/t25-,29-,30-,31?,32?/m1/s1. The lowest BCUT2D eigenvalue weighted by molar-refractivity contribution is -0.944. The first-order chi connectivity index (χ1) is 17.4. The molecular weight excluding hydrogens is 450 g/mol. The molecule has 1 saturated carbocycles. The summed E-state index contributed by atoms with van der Waals surface area (Å²) in [6.45, 7) is 8.73. The van der Waals surface area contributed by atoms with Crippen LogP contribution >= 0.6 is 0 Å². The van der Waals surface area contributed by atoms with Crippen molar-refractivity contribution in [2.45, 2.75) is 74.5 Å². The number of carbonyl (C=O) groups is 1. The first-order valence-corrected chi connectivity index (χ1v) is 13.6. The molecular formula is C31H38NO4+. The van der Waals surface area contributed by atoms with Gasteiger partial charge in [-0.2, -0.15) is 0 Å². The van der Waals surface area contributed by atoms with E-state index in [1.807, 2.05) is 24.3 Å². The van der Waals surface area contributed by atoms with E-state index in [-0.39, 0.29) is 17.6 Å². The summed E-state index contributed by atoms with van der Waals surface area (Å²) in [4.78, 5) is 14.2. The maximum Gasteiger partial charge on any atom is 0.184 e. The number of hydrogen-bond donors (Lipinski definition) is 1. The lowest BCUT2D eigenvalue weighted by Crippen LogP contribution is -2.84. The quantitative estimate of drug-likeness (QED) is 0.327. The SMILES string of the molecule is C=CC[N+]1(C)CC[C@]23c4c5ccc(O)c4OC2(Cc2ccccc2)C(=O)CC[C@@]3(OCCCC)[C@H]1C5. The Balaban J connectivity index is 1.65. The highest BCUT2D eigenvalue weighted by molar-refractivity contribution is 5.94. The second-order valence-corrected chi connectivity index (χ2v) is 11.6. The lowest BCUT2D eigenvalue weighted by Gasteiger charge is -2.68. The molecule has 1 spiro atoms. The van der Waals surface area contributed by atoms with E-state index < -0.39 is 16.6 Å². The Morgan fingerprint density at radius 1 is 1.22 bits per heavy atom. The van der Waals surface area contributed by atoms with Crippen LogP contribution in [0.15, 0.2) is 55.1 Å². The van der Waals surface area contributed by atoms with Crippen LogP contribution in [0.3, 0.4) is 0 Å². The fourth-order valence-electron chi connectivity index (χ4n) is 8.42. The van der Waals surface area contributed by atoms with Gasteiger partial charge in [-0.3, -0.25) is 4.79 Å². The molecule has 2 aliphatic heterocycles. The zero-order valence-electron chi connectivity index (χ0n) is 21.6. The first kappa shape index (κ1) is 23.7. The Morgan fingerprint density at radius 2 is 2.03 bits per heavy atom. The van der Waals surface area contributed by atoms with E-state index in [4.69, 9.17) is 9.47 Å². The van der Waals surface area contributed by atoms with Gasteiger partial charge in [-0.15, -0.1) is 0 Å². The minimum atomic E-state index is -1.09. The van der Waals surface area contributed by atoms with Gasteiger partial charge >= 0.3 is 0 Å². The molecule has 6 rings (SSSR count). The Morgan fingerprint density at radius 3 is 2.78 bits per heavy atom. The molecule has 2 aromatic rings. The summed E-state index contributed by atoms with van der Waals surface area (Å²) < 4.78 is 14.9. The van der Waals surface area contributed by atoms with Crippen LogP contribution in [-0.2, 0) is 27.8 Å². The van der Waals surface area contributed by atoms with Crippen molar-refractivity contribution < 1.29 is 23.9 Å². The van der Waals surface area contributed by atoms with Crippen molar-refractivity contribution in [1.29, 1.82) is 0 Å². The second kappa shape index (κ2) is 8.19. The Kier molecular flexibility index (Phi) is 5.40. The Hall–Kier alpha value is -2.63. The summed E-state index contributed by atoms with van der Waals surface area (Å²) in [5.74, 6) is 0.788. The number of phenols is 1. The zero-order valence-corrected chi connectivity index (χ0v) is 21.6. The average Bonchev–Trinajstić information content (AvgIpc) is 3.18. The van der Waals surface area contributed by atoms with Gasteiger partial charge in [0.05, 0.1) is 25.6 Å². The molecule has 0 amide bonds. The number of ketones is 1. The molecule has 2 bridgehead atoms. The number of ether oxygens (including phenoxy) is 2. The summed E-state index contributed by atoms with van der Waals surface area (Å²) in [7, 11) is 2.33. The fourth-order valence-corrected chi connectivity index (χ4v) is 8.42. The maximum atomic E-state index is 14.2. The normalized spacial score (nSPS) is 35.7. The molecule has 2 aliphatic carbocycles. The van der Waals surface area contributed by atoms with Gasteiger partial charge in [0.1, 0.15) is 11.6 Å². The highest BCUT2D eigenvalue weighted by atomic mass is 16.5. The van der Waals surface area contributed by atoms with Gasteiger partial charge in [-0.1, -0.05) is 56.3 Å². The number of likely N-dealkylation sites (N-methyl/N-ethyl adjacent to an activating group) is 1. The van der Waals surface area contributed by atoms with Gasteiger partial charge in [0.25, 0.3) is 0 Å². The molecule has 5 atom stereocenters. The molecule has 2 fully saturated rings. The predicted molar refractivity (Wildman–Crippen MR) is 139 cm³/mol. The second-order valence-electron chi connectivity index (χ2n) is 11.6. The minimum Gasteiger partial charge on any atom is -0.504 e. The summed E-state index contributed by atoms with van der Waals surface area (Å²) in [6, 6.07) is 14.2. The number of carbonyl (C=O) groups excluding carboxylic acids is 1. The summed E-state index contributed by atoms with van der Waals surface area (Å²) in [5.41, 5.74) is 1.04. The van der Waals surface area contributed by atoms with E-state index >= 15 is 0 Å².